The summed E-state index contributed by atoms with van der Waals surface area (Å²) in [5.74, 6) is 0.704. The quantitative estimate of drug-likeness (QED) is 0.780. The minimum absolute atomic E-state index is 0.527. The number of piperidine rings is 1. The van der Waals surface area contributed by atoms with Gasteiger partial charge in [0.25, 0.3) is 0 Å². The van der Waals surface area contributed by atoms with E-state index in [4.69, 9.17) is 4.74 Å². The van der Waals surface area contributed by atoms with Crippen molar-refractivity contribution in [2.45, 2.75) is 45.3 Å². The maximum absolute atomic E-state index is 5.78. The summed E-state index contributed by atoms with van der Waals surface area (Å²) in [4.78, 5) is 7.12. The first kappa shape index (κ1) is 16.0. The van der Waals surface area contributed by atoms with Crippen molar-refractivity contribution in [3.05, 3.63) is 59.8 Å². The topological polar surface area (TPSA) is 25.4 Å². The lowest BCUT2D eigenvalue weighted by atomic mass is 9.96. The zero-order valence-corrected chi connectivity index (χ0v) is 13.9. The Kier molecular flexibility index (Phi) is 5.65. The molecule has 122 valence electrons. The molecule has 2 heterocycles. The first-order chi connectivity index (χ1) is 11.4. The molecule has 1 aliphatic heterocycles. The van der Waals surface area contributed by atoms with E-state index in [2.05, 4.69) is 35.0 Å². The van der Waals surface area contributed by atoms with Gasteiger partial charge < -0.3 is 4.74 Å². The lowest BCUT2D eigenvalue weighted by Gasteiger charge is -2.35. The first-order valence-corrected chi connectivity index (χ1v) is 8.73. The van der Waals surface area contributed by atoms with E-state index in [9.17, 15) is 0 Å². The van der Waals surface area contributed by atoms with Gasteiger partial charge in [0.2, 0.25) is 5.88 Å². The van der Waals surface area contributed by atoms with E-state index in [1.54, 1.807) is 0 Å². The van der Waals surface area contributed by atoms with E-state index in [1.807, 2.05) is 30.5 Å². The second kappa shape index (κ2) is 8.11. The fraction of sp³-hybridized carbons (Fsp3) is 0.450. The van der Waals surface area contributed by atoms with E-state index in [-0.39, 0.29) is 0 Å². The SMILES string of the molecule is CCCN1CCCC[C@H]1c1ccc(OCc2ccccc2)nc1. The average Bonchev–Trinajstić information content (AvgIpc) is 2.62. The largest absolute Gasteiger partial charge is 0.473 e. The van der Waals surface area contributed by atoms with Gasteiger partial charge in [-0.2, -0.15) is 0 Å². The van der Waals surface area contributed by atoms with Gasteiger partial charge in [-0.05, 0) is 43.5 Å². The predicted molar refractivity (Wildman–Crippen MR) is 93.5 cm³/mol. The van der Waals surface area contributed by atoms with E-state index in [1.165, 1.54) is 49.9 Å². The molecule has 3 rings (SSSR count). The molecular weight excluding hydrogens is 284 g/mol. The Balaban J connectivity index is 1.62. The fourth-order valence-corrected chi connectivity index (χ4v) is 3.33. The van der Waals surface area contributed by atoms with Crippen LogP contribution >= 0.6 is 0 Å². The lowest BCUT2D eigenvalue weighted by Crippen LogP contribution is -2.34. The van der Waals surface area contributed by atoms with Gasteiger partial charge in [-0.25, -0.2) is 4.98 Å². The maximum atomic E-state index is 5.78. The van der Waals surface area contributed by atoms with Crippen LogP contribution < -0.4 is 4.74 Å². The van der Waals surface area contributed by atoms with Crippen molar-refractivity contribution in [3.63, 3.8) is 0 Å². The van der Waals surface area contributed by atoms with Crippen LogP contribution in [-0.4, -0.2) is 23.0 Å². The highest BCUT2D eigenvalue weighted by Crippen LogP contribution is 2.31. The summed E-state index contributed by atoms with van der Waals surface area (Å²) in [6, 6.07) is 14.9. The standard InChI is InChI=1S/C20H26N2O/c1-2-13-22-14-7-6-10-19(22)18-11-12-20(21-15-18)23-16-17-8-4-3-5-9-17/h3-5,8-9,11-12,15,19H,2,6-7,10,13-14,16H2,1H3/t19-/m0/s1. The molecule has 3 nitrogen and oxygen atoms in total. The van der Waals surface area contributed by atoms with E-state index < -0.39 is 0 Å². The van der Waals surface area contributed by atoms with Crippen molar-refractivity contribution < 1.29 is 4.74 Å². The Hall–Kier alpha value is -1.87. The van der Waals surface area contributed by atoms with Gasteiger partial charge in [0.05, 0.1) is 0 Å². The maximum Gasteiger partial charge on any atom is 0.213 e. The van der Waals surface area contributed by atoms with Gasteiger partial charge in [-0.1, -0.05) is 49.7 Å². The van der Waals surface area contributed by atoms with Crippen LogP contribution in [-0.2, 0) is 6.61 Å². The second-order valence-electron chi connectivity index (χ2n) is 6.25. The number of hydrogen-bond acceptors (Lipinski definition) is 3. The number of likely N-dealkylation sites (tertiary alicyclic amines) is 1. The van der Waals surface area contributed by atoms with E-state index >= 15 is 0 Å². The molecule has 0 bridgehead atoms. The summed E-state index contributed by atoms with van der Waals surface area (Å²) < 4.78 is 5.78. The summed E-state index contributed by atoms with van der Waals surface area (Å²) in [7, 11) is 0. The second-order valence-corrected chi connectivity index (χ2v) is 6.25. The number of hydrogen-bond donors (Lipinski definition) is 0. The zero-order chi connectivity index (χ0) is 15.9. The molecule has 1 aliphatic rings. The third-order valence-corrected chi connectivity index (χ3v) is 4.50. The van der Waals surface area contributed by atoms with Crippen molar-refractivity contribution in [2.24, 2.45) is 0 Å². The highest BCUT2D eigenvalue weighted by Gasteiger charge is 2.23. The number of aromatic nitrogens is 1. The minimum Gasteiger partial charge on any atom is -0.473 e. The van der Waals surface area contributed by atoms with Crippen LogP contribution in [0.15, 0.2) is 48.7 Å². The molecule has 0 radical (unpaired) electrons. The molecule has 0 N–H and O–H groups in total. The normalized spacial score (nSPS) is 18.7. The lowest BCUT2D eigenvalue weighted by molar-refractivity contribution is 0.148. The van der Waals surface area contributed by atoms with Crippen molar-refractivity contribution in [2.75, 3.05) is 13.1 Å². The summed E-state index contributed by atoms with van der Waals surface area (Å²) in [5, 5.41) is 0. The number of pyridine rings is 1. The Labute approximate surface area is 139 Å². The van der Waals surface area contributed by atoms with Crippen LogP contribution in [0.2, 0.25) is 0 Å². The van der Waals surface area contributed by atoms with Crippen LogP contribution in [0, 0.1) is 0 Å². The smallest absolute Gasteiger partial charge is 0.213 e. The molecule has 1 saturated heterocycles. The van der Waals surface area contributed by atoms with Crippen molar-refractivity contribution >= 4 is 0 Å². The summed E-state index contributed by atoms with van der Waals surface area (Å²) in [5.41, 5.74) is 2.49. The van der Waals surface area contributed by atoms with Gasteiger partial charge in [-0.15, -0.1) is 0 Å². The van der Waals surface area contributed by atoms with Gasteiger partial charge in [0.1, 0.15) is 6.61 Å². The Morgan fingerprint density at radius 3 is 2.74 bits per heavy atom. The molecule has 3 heteroatoms. The average molecular weight is 310 g/mol. The van der Waals surface area contributed by atoms with Crippen LogP contribution in [0.4, 0.5) is 0 Å². The number of ether oxygens (including phenoxy) is 1. The molecular formula is C20H26N2O. The molecule has 0 saturated carbocycles. The Morgan fingerprint density at radius 2 is 2.00 bits per heavy atom. The fourth-order valence-electron chi connectivity index (χ4n) is 3.33. The minimum atomic E-state index is 0.527. The van der Waals surface area contributed by atoms with Crippen molar-refractivity contribution in [3.8, 4) is 5.88 Å². The monoisotopic (exact) mass is 310 g/mol. The molecule has 0 unspecified atom stereocenters. The van der Waals surface area contributed by atoms with E-state index in [0.717, 1.165) is 0 Å². The number of nitrogens with zero attached hydrogens (tertiary/aromatic N) is 2. The zero-order valence-electron chi connectivity index (χ0n) is 13.9. The van der Waals surface area contributed by atoms with Crippen LogP contribution in [0.5, 0.6) is 5.88 Å². The van der Waals surface area contributed by atoms with Crippen LogP contribution in [0.1, 0.15) is 49.8 Å². The molecule has 0 spiro atoms. The predicted octanol–water partition coefficient (Wildman–Crippen LogP) is 4.60. The molecule has 1 atom stereocenters. The number of rotatable bonds is 6. The molecule has 1 aromatic carbocycles. The van der Waals surface area contributed by atoms with Crippen LogP contribution in [0.25, 0.3) is 0 Å². The van der Waals surface area contributed by atoms with Gasteiger partial charge in [0.15, 0.2) is 0 Å². The molecule has 23 heavy (non-hydrogen) atoms. The molecule has 0 aliphatic carbocycles. The number of benzene rings is 1. The summed E-state index contributed by atoms with van der Waals surface area (Å²) in [6.07, 6.45) is 7.09. The summed E-state index contributed by atoms with van der Waals surface area (Å²) in [6.45, 7) is 5.21. The molecule has 1 aromatic heterocycles. The Bertz CT molecular complexity index is 580. The highest BCUT2D eigenvalue weighted by molar-refractivity contribution is 5.22. The molecule has 2 aromatic rings. The first-order valence-electron chi connectivity index (χ1n) is 8.73. The molecule has 1 fully saturated rings. The van der Waals surface area contributed by atoms with Gasteiger partial charge >= 0.3 is 0 Å². The van der Waals surface area contributed by atoms with Crippen molar-refractivity contribution in [1.29, 1.82) is 0 Å². The van der Waals surface area contributed by atoms with Crippen LogP contribution in [0.3, 0.4) is 0 Å². The third-order valence-electron chi connectivity index (χ3n) is 4.50. The Morgan fingerprint density at radius 1 is 1.13 bits per heavy atom. The van der Waals surface area contributed by atoms with Gasteiger partial charge in [-0.3, -0.25) is 4.90 Å². The summed E-state index contributed by atoms with van der Waals surface area (Å²) >= 11 is 0. The van der Waals surface area contributed by atoms with E-state index in [0.29, 0.717) is 18.5 Å². The van der Waals surface area contributed by atoms with Gasteiger partial charge in [0, 0.05) is 18.3 Å². The highest BCUT2D eigenvalue weighted by atomic mass is 16.5. The third kappa shape index (κ3) is 4.32. The van der Waals surface area contributed by atoms with Crippen molar-refractivity contribution in [1.82, 2.24) is 9.88 Å². The molecule has 0 amide bonds.